The first kappa shape index (κ1) is 20.1. The molecule has 0 saturated carbocycles. The minimum absolute atomic E-state index is 0.582. The molecule has 4 aromatic carbocycles. The molecule has 0 fully saturated rings. The van der Waals surface area contributed by atoms with Gasteiger partial charge in [-0.05, 0) is 71.8 Å². The normalized spacial score (nSPS) is 15.4. The lowest BCUT2D eigenvalue weighted by Gasteiger charge is -2.13. The van der Waals surface area contributed by atoms with Crippen LogP contribution >= 0.6 is 11.3 Å². The van der Waals surface area contributed by atoms with Crippen LogP contribution in [0.2, 0.25) is 0 Å². The second-order valence-electron chi connectivity index (χ2n) is 9.87. The second kappa shape index (κ2) is 7.46. The predicted octanol–water partition coefficient (Wildman–Crippen LogP) is 9.62. The molecule has 8 rings (SSSR count). The summed E-state index contributed by atoms with van der Waals surface area (Å²) < 4.78 is 10.3. The van der Waals surface area contributed by atoms with Gasteiger partial charge >= 0.3 is 0 Å². The summed E-state index contributed by atoms with van der Waals surface area (Å²) in [6.07, 6.45) is 5.76. The smallest absolute Gasteiger partial charge is 0.144 e. The van der Waals surface area contributed by atoms with Crippen LogP contribution in [-0.4, -0.2) is 4.57 Å². The maximum atomic E-state index is 6.55. The summed E-state index contributed by atoms with van der Waals surface area (Å²) in [4.78, 5) is 1.41. The Morgan fingerprint density at radius 2 is 1.69 bits per heavy atom. The minimum atomic E-state index is 0.582. The standard InChI is InChI=1S/C33H23NOS/c1-20-11-15-30-25(17-20)26-19-23(13-16-31(26)36-30)34-27-10-6-5-9-24(27)32-28(34)14-12-22-18-29(35-33(22)32)21-7-3-2-4-8-21/h2-16,18-20H,17H2,1H3. The number of nitrogens with zero attached hydrogens (tertiary/aromatic N) is 1. The van der Waals surface area contributed by atoms with Gasteiger partial charge in [-0.25, -0.2) is 0 Å². The molecule has 0 radical (unpaired) electrons. The molecule has 1 aliphatic rings. The fourth-order valence-corrected chi connectivity index (χ4v) is 6.98. The van der Waals surface area contributed by atoms with E-state index < -0.39 is 0 Å². The Morgan fingerprint density at radius 3 is 2.61 bits per heavy atom. The van der Waals surface area contributed by atoms with Gasteiger partial charge in [-0.3, -0.25) is 0 Å². The fourth-order valence-electron chi connectivity index (χ4n) is 5.85. The minimum Gasteiger partial charge on any atom is -0.455 e. The van der Waals surface area contributed by atoms with E-state index in [2.05, 4.69) is 109 Å². The van der Waals surface area contributed by atoms with E-state index in [0.29, 0.717) is 5.92 Å². The Morgan fingerprint density at radius 1 is 0.833 bits per heavy atom. The third kappa shape index (κ3) is 2.84. The molecule has 1 unspecified atom stereocenters. The summed E-state index contributed by atoms with van der Waals surface area (Å²) in [6, 6.07) is 32.6. The average Bonchev–Trinajstić information content (AvgIpc) is 3.60. The number of fused-ring (bicyclic) bond motifs is 8. The summed E-state index contributed by atoms with van der Waals surface area (Å²) >= 11 is 1.91. The maximum Gasteiger partial charge on any atom is 0.144 e. The first-order chi connectivity index (χ1) is 17.7. The van der Waals surface area contributed by atoms with Crippen LogP contribution in [0.1, 0.15) is 17.4 Å². The molecule has 0 saturated heterocycles. The summed E-state index contributed by atoms with van der Waals surface area (Å²) in [7, 11) is 0. The molecule has 3 heterocycles. The van der Waals surface area contributed by atoms with Crippen LogP contribution in [0.25, 0.3) is 65.9 Å². The Labute approximate surface area is 212 Å². The van der Waals surface area contributed by atoms with Gasteiger partial charge in [0.1, 0.15) is 11.3 Å². The van der Waals surface area contributed by atoms with E-state index in [9.17, 15) is 0 Å². The van der Waals surface area contributed by atoms with Gasteiger partial charge < -0.3 is 8.98 Å². The summed E-state index contributed by atoms with van der Waals surface area (Å²) in [6.45, 7) is 2.30. The summed E-state index contributed by atoms with van der Waals surface area (Å²) in [5.74, 6) is 1.49. The molecule has 2 nitrogen and oxygen atoms in total. The number of furan rings is 1. The van der Waals surface area contributed by atoms with Gasteiger partial charge in [0.05, 0.1) is 16.4 Å². The van der Waals surface area contributed by atoms with Crippen molar-refractivity contribution in [3.63, 3.8) is 0 Å². The first-order valence-corrected chi connectivity index (χ1v) is 13.3. The monoisotopic (exact) mass is 481 g/mol. The maximum absolute atomic E-state index is 6.55. The molecule has 7 aromatic rings. The molecule has 0 spiro atoms. The third-order valence-corrected chi connectivity index (χ3v) is 8.72. The van der Waals surface area contributed by atoms with Gasteiger partial charge in [-0.2, -0.15) is 0 Å². The average molecular weight is 482 g/mol. The van der Waals surface area contributed by atoms with Crippen molar-refractivity contribution in [1.29, 1.82) is 0 Å². The van der Waals surface area contributed by atoms with Crippen molar-refractivity contribution in [2.75, 3.05) is 0 Å². The molecular weight excluding hydrogens is 458 g/mol. The number of benzene rings is 4. The zero-order valence-electron chi connectivity index (χ0n) is 19.9. The van der Waals surface area contributed by atoms with Crippen LogP contribution in [0.5, 0.6) is 0 Å². The van der Waals surface area contributed by atoms with Gasteiger partial charge in [0.25, 0.3) is 0 Å². The predicted molar refractivity (Wildman–Crippen MR) is 153 cm³/mol. The lowest BCUT2D eigenvalue weighted by molar-refractivity contribution is 0.635. The van der Waals surface area contributed by atoms with Crippen molar-refractivity contribution < 1.29 is 4.42 Å². The highest BCUT2D eigenvalue weighted by atomic mass is 32.1. The van der Waals surface area contributed by atoms with E-state index in [1.807, 2.05) is 17.4 Å². The second-order valence-corrected chi connectivity index (χ2v) is 11.0. The molecule has 3 heteroatoms. The molecule has 172 valence electrons. The number of allylic oxidation sites excluding steroid dienone is 1. The topological polar surface area (TPSA) is 18.1 Å². The number of rotatable bonds is 2. The van der Waals surface area contributed by atoms with Crippen LogP contribution in [0, 0.1) is 5.92 Å². The van der Waals surface area contributed by atoms with Crippen molar-refractivity contribution in [3.8, 4) is 17.0 Å². The van der Waals surface area contributed by atoms with Gasteiger partial charge in [0, 0.05) is 31.6 Å². The molecule has 0 bridgehead atoms. The molecular formula is C33H23NOS. The molecule has 0 aliphatic heterocycles. The van der Waals surface area contributed by atoms with Crippen molar-refractivity contribution in [1.82, 2.24) is 4.57 Å². The Bertz CT molecular complexity index is 1980. The molecule has 3 aromatic heterocycles. The number of aromatic nitrogens is 1. The van der Waals surface area contributed by atoms with Crippen molar-refractivity contribution in [2.45, 2.75) is 13.3 Å². The summed E-state index contributed by atoms with van der Waals surface area (Å²) in [5.41, 5.74) is 7.12. The lowest BCUT2D eigenvalue weighted by Crippen LogP contribution is -2.01. The zero-order valence-corrected chi connectivity index (χ0v) is 20.7. The largest absolute Gasteiger partial charge is 0.455 e. The highest BCUT2D eigenvalue weighted by Crippen LogP contribution is 2.42. The SMILES string of the molecule is CC1C=Cc2sc3ccc(-n4c5ccccc5c5c6oc(-c7ccccc7)cc6ccc54)cc3c2C1. The van der Waals surface area contributed by atoms with Crippen LogP contribution < -0.4 is 0 Å². The van der Waals surface area contributed by atoms with E-state index in [0.717, 1.165) is 28.7 Å². The van der Waals surface area contributed by atoms with E-state index in [1.165, 1.54) is 48.0 Å². The van der Waals surface area contributed by atoms with Crippen LogP contribution in [0.15, 0.2) is 101 Å². The highest BCUT2D eigenvalue weighted by molar-refractivity contribution is 7.20. The Hall–Kier alpha value is -4.08. The van der Waals surface area contributed by atoms with Crippen LogP contribution in [0.3, 0.4) is 0 Å². The van der Waals surface area contributed by atoms with Crippen LogP contribution in [0.4, 0.5) is 0 Å². The highest BCUT2D eigenvalue weighted by Gasteiger charge is 2.20. The molecule has 36 heavy (non-hydrogen) atoms. The van der Waals surface area contributed by atoms with Crippen LogP contribution in [-0.2, 0) is 6.42 Å². The summed E-state index contributed by atoms with van der Waals surface area (Å²) in [5, 5.41) is 4.91. The van der Waals surface area contributed by atoms with E-state index in [-0.39, 0.29) is 0 Å². The van der Waals surface area contributed by atoms with Crippen molar-refractivity contribution in [2.24, 2.45) is 5.92 Å². The fraction of sp³-hybridized carbons (Fsp3) is 0.0909. The lowest BCUT2D eigenvalue weighted by atomic mass is 9.93. The third-order valence-electron chi connectivity index (χ3n) is 7.54. The molecule has 0 amide bonds. The van der Waals surface area contributed by atoms with Crippen molar-refractivity contribution in [3.05, 3.63) is 108 Å². The Balaban J connectivity index is 1.42. The number of thiophene rings is 1. The number of hydrogen-bond donors (Lipinski definition) is 0. The van der Waals surface area contributed by atoms with Gasteiger partial charge in [-0.1, -0.05) is 61.5 Å². The quantitative estimate of drug-likeness (QED) is 0.240. The number of hydrogen-bond acceptors (Lipinski definition) is 2. The van der Waals surface area contributed by atoms with E-state index >= 15 is 0 Å². The molecule has 1 aliphatic carbocycles. The first-order valence-electron chi connectivity index (χ1n) is 12.5. The van der Waals surface area contributed by atoms with Crippen molar-refractivity contribution >= 4 is 60.3 Å². The van der Waals surface area contributed by atoms with Gasteiger partial charge in [0.15, 0.2) is 0 Å². The zero-order chi connectivity index (χ0) is 23.8. The number of para-hydroxylation sites is 1. The van der Waals surface area contributed by atoms with Gasteiger partial charge in [-0.15, -0.1) is 11.3 Å². The van der Waals surface area contributed by atoms with Gasteiger partial charge in [0.2, 0.25) is 0 Å². The molecule has 0 N–H and O–H groups in total. The van der Waals surface area contributed by atoms with E-state index in [4.69, 9.17) is 4.42 Å². The van der Waals surface area contributed by atoms with E-state index in [1.54, 1.807) is 0 Å². The Kier molecular flexibility index (Phi) is 4.17. The molecule has 1 atom stereocenters.